The fourth-order valence-electron chi connectivity index (χ4n) is 1.06. The molecule has 1 amide bonds. The summed E-state index contributed by atoms with van der Waals surface area (Å²) < 4.78 is 40.2. The molecule has 0 saturated carbocycles. The lowest BCUT2D eigenvalue weighted by molar-refractivity contribution is -0.159. The number of hydrogen-bond acceptors (Lipinski definition) is 5. The Morgan fingerprint density at radius 3 is 2.65 bits per heavy atom. The molecule has 1 rings (SSSR count). The van der Waals surface area contributed by atoms with E-state index in [-0.39, 0.29) is 12.8 Å². The lowest BCUT2D eigenvalue weighted by Crippen LogP contribution is -2.35. The SMILES string of the molecule is CCC(NC=O)C(=O)c1noc(C(F)(F)F)n1. The molecule has 6 nitrogen and oxygen atoms in total. The highest BCUT2D eigenvalue weighted by atomic mass is 19.4. The van der Waals surface area contributed by atoms with Gasteiger partial charge in [-0.05, 0) is 6.42 Å². The minimum atomic E-state index is -4.80. The van der Waals surface area contributed by atoms with Crippen molar-refractivity contribution in [3.63, 3.8) is 0 Å². The molecule has 0 aliphatic rings. The third-order valence-electron chi connectivity index (χ3n) is 1.88. The number of nitrogens with zero attached hydrogens (tertiary/aromatic N) is 2. The fraction of sp³-hybridized carbons (Fsp3) is 0.500. The standard InChI is InChI=1S/C8H8F3N3O3/c1-2-4(12-3-15)5(16)6-13-7(17-14-6)8(9,10)11/h3-4H,2H2,1H3,(H,12,15). The molecule has 1 unspecified atom stereocenters. The molecule has 1 heterocycles. The average Bonchev–Trinajstić information content (AvgIpc) is 2.73. The summed E-state index contributed by atoms with van der Waals surface area (Å²) in [5.41, 5.74) is 0. The Hall–Kier alpha value is -1.93. The van der Waals surface area contributed by atoms with Crippen LogP contribution >= 0.6 is 0 Å². The number of alkyl halides is 3. The minimum Gasteiger partial charge on any atom is -0.348 e. The summed E-state index contributed by atoms with van der Waals surface area (Å²) in [5, 5.41) is 5.07. The van der Waals surface area contributed by atoms with Crippen LogP contribution in [0.15, 0.2) is 4.52 Å². The van der Waals surface area contributed by atoms with Crippen molar-refractivity contribution in [3.8, 4) is 0 Å². The summed E-state index contributed by atoms with van der Waals surface area (Å²) in [7, 11) is 0. The van der Waals surface area contributed by atoms with Gasteiger partial charge in [0.15, 0.2) is 0 Å². The van der Waals surface area contributed by atoms with E-state index in [2.05, 4.69) is 20.0 Å². The van der Waals surface area contributed by atoms with Gasteiger partial charge >= 0.3 is 12.1 Å². The zero-order chi connectivity index (χ0) is 13.1. The van der Waals surface area contributed by atoms with Gasteiger partial charge in [-0.3, -0.25) is 9.59 Å². The molecule has 0 bridgehead atoms. The van der Waals surface area contributed by atoms with Crippen molar-refractivity contribution >= 4 is 12.2 Å². The Morgan fingerprint density at radius 1 is 1.59 bits per heavy atom. The predicted molar refractivity (Wildman–Crippen MR) is 46.9 cm³/mol. The number of carbonyl (C=O) groups is 2. The van der Waals surface area contributed by atoms with Gasteiger partial charge in [-0.2, -0.15) is 18.2 Å². The van der Waals surface area contributed by atoms with Gasteiger partial charge in [0, 0.05) is 0 Å². The molecule has 0 saturated heterocycles. The van der Waals surface area contributed by atoms with Gasteiger partial charge in [0.25, 0.3) is 0 Å². The Labute approximate surface area is 93.2 Å². The van der Waals surface area contributed by atoms with Crippen LogP contribution in [-0.2, 0) is 11.0 Å². The molecule has 9 heteroatoms. The fourth-order valence-corrected chi connectivity index (χ4v) is 1.06. The molecule has 0 aliphatic carbocycles. The molecule has 17 heavy (non-hydrogen) atoms. The van der Waals surface area contributed by atoms with Gasteiger partial charge in [-0.15, -0.1) is 0 Å². The van der Waals surface area contributed by atoms with E-state index in [1.165, 1.54) is 0 Å². The van der Waals surface area contributed by atoms with Crippen LogP contribution < -0.4 is 5.32 Å². The molecule has 0 spiro atoms. The van der Waals surface area contributed by atoms with Crippen LogP contribution in [0.3, 0.4) is 0 Å². The van der Waals surface area contributed by atoms with Gasteiger partial charge in [-0.25, -0.2) is 0 Å². The number of ketones is 1. The van der Waals surface area contributed by atoms with Crippen molar-refractivity contribution in [3.05, 3.63) is 11.7 Å². The highest BCUT2D eigenvalue weighted by Gasteiger charge is 2.39. The van der Waals surface area contributed by atoms with Gasteiger partial charge in [0.1, 0.15) is 0 Å². The van der Waals surface area contributed by atoms with Crippen molar-refractivity contribution in [1.82, 2.24) is 15.5 Å². The quantitative estimate of drug-likeness (QED) is 0.617. The van der Waals surface area contributed by atoms with Gasteiger partial charge in [-0.1, -0.05) is 12.1 Å². The van der Waals surface area contributed by atoms with Gasteiger partial charge in [0.05, 0.1) is 6.04 Å². The summed E-state index contributed by atoms with van der Waals surface area (Å²) in [6, 6.07) is -0.966. The third kappa shape index (κ3) is 3.02. The van der Waals surface area contributed by atoms with Gasteiger partial charge in [0.2, 0.25) is 18.0 Å². The smallest absolute Gasteiger partial charge is 0.348 e. The molecule has 1 aromatic heterocycles. The van der Waals surface area contributed by atoms with Crippen LogP contribution in [0.25, 0.3) is 0 Å². The van der Waals surface area contributed by atoms with Crippen molar-refractivity contribution in [1.29, 1.82) is 0 Å². The summed E-state index contributed by atoms with van der Waals surface area (Å²) in [6.45, 7) is 1.57. The second-order valence-corrected chi connectivity index (χ2v) is 3.03. The summed E-state index contributed by atoms with van der Waals surface area (Å²) in [6.07, 6.45) is -4.32. The normalized spacial score (nSPS) is 13.2. The maximum absolute atomic E-state index is 12.1. The van der Waals surface area contributed by atoms with Crippen LogP contribution in [0.5, 0.6) is 0 Å². The highest BCUT2D eigenvalue weighted by Crippen LogP contribution is 2.27. The Balaban J connectivity index is 2.89. The van der Waals surface area contributed by atoms with E-state index in [0.29, 0.717) is 0 Å². The largest absolute Gasteiger partial charge is 0.471 e. The third-order valence-corrected chi connectivity index (χ3v) is 1.88. The first kappa shape index (κ1) is 13.1. The number of halogens is 3. The van der Waals surface area contributed by atoms with E-state index in [0.717, 1.165) is 0 Å². The maximum atomic E-state index is 12.1. The van der Waals surface area contributed by atoms with Crippen molar-refractivity contribution < 1.29 is 27.3 Å². The van der Waals surface area contributed by atoms with E-state index >= 15 is 0 Å². The zero-order valence-electron chi connectivity index (χ0n) is 8.61. The van der Waals surface area contributed by atoms with E-state index in [1.807, 2.05) is 0 Å². The number of Topliss-reactive ketones (excluding diaryl/α,β-unsaturated/α-hetero) is 1. The monoisotopic (exact) mass is 251 g/mol. The van der Waals surface area contributed by atoms with E-state index in [1.54, 1.807) is 6.92 Å². The van der Waals surface area contributed by atoms with Crippen LogP contribution in [0.4, 0.5) is 13.2 Å². The number of rotatable bonds is 5. The Bertz CT molecular complexity index is 416. The number of amides is 1. The Kier molecular flexibility index (Phi) is 3.81. The predicted octanol–water partition coefficient (Wildman–Crippen LogP) is 0.796. The van der Waals surface area contributed by atoms with Gasteiger partial charge < -0.3 is 9.84 Å². The molecule has 0 fully saturated rings. The molecular formula is C8H8F3N3O3. The Morgan fingerprint density at radius 2 is 2.24 bits per heavy atom. The van der Waals surface area contributed by atoms with E-state index in [4.69, 9.17) is 0 Å². The topological polar surface area (TPSA) is 85.1 Å². The first-order valence-electron chi connectivity index (χ1n) is 4.55. The molecular weight excluding hydrogens is 243 g/mol. The average molecular weight is 251 g/mol. The van der Waals surface area contributed by atoms with Crippen molar-refractivity contribution in [2.24, 2.45) is 0 Å². The second-order valence-electron chi connectivity index (χ2n) is 3.03. The molecule has 0 aliphatic heterocycles. The molecule has 1 N–H and O–H groups in total. The summed E-state index contributed by atoms with van der Waals surface area (Å²) >= 11 is 0. The van der Waals surface area contributed by atoms with Crippen LogP contribution in [0, 0.1) is 0 Å². The number of aromatic nitrogens is 2. The highest BCUT2D eigenvalue weighted by molar-refractivity contribution is 5.97. The number of hydrogen-bond donors (Lipinski definition) is 1. The van der Waals surface area contributed by atoms with Crippen LogP contribution in [0.1, 0.15) is 29.9 Å². The molecule has 94 valence electrons. The number of nitrogens with one attached hydrogen (secondary N) is 1. The second kappa shape index (κ2) is 4.93. The molecule has 1 aromatic rings. The summed E-state index contributed by atoms with van der Waals surface area (Å²) in [5.74, 6) is -3.14. The lowest BCUT2D eigenvalue weighted by atomic mass is 10.1. The van der Waals surface area contributed by atoms with E-state index < -0.39 is 29.7 Å². The van der Waals surface area contributed by atoms with Crippen LogP contribution in [-0.4, -0.2) is 28.4 Å². The van der Waals surface area contributed by atoms with E-state index in [9.17, 15) is 22.8 Å². The molecule has 1 atom stereocenters. The lowest BCUT2D eigenvalue weighted by Gasteiger charge is -2.08. The summed E-state index contributed by atoms with van der Waals surface area (Å²) in [4.78, 5) is 24.6. The minimum absolute atomic E-state index is 0.202. The number of carbonyl (C=O) groups excluding carboxylic acids is 2. The molecule has 0 radical (unpaired) electrons. The maximum Gasteiger partial charge on any atom is 0.471 e. The van der Waals surface area contributed by atoms with Crippen molar-refractivity contribution in [2.75, 3.05) is 0 Å². The zero-order valence-corrected chi connectivity index (χ0v) is 8.61. The van der Waals surface area contributed by atoms with Crippen molar-refractivity contribution in [2.45, 2.75) is 25.6 Å². The first-order valence-corrected chi connectivity index (χ1v) is 4.55. The van der Waals surface area contributed by atoms with Crippen LogP contribution in [0.2, 0.25) is 0 Å². The first-order chi connectivity index (χ1) is 7.90. The molecule has 0 aromatic carbocycles.